The second-order valence-electron chi connectivity index (χ2n) is 7.29. The predicted molar refractivity (Wildman–Crippen MR) is 135 cm³/mol. The third-order valence-electron chi connectivity index (χ3n) is 4.84. The molecule has 3 aromatic rings. The van der Waals surface area contributed by atoms with Crippen molar-refractivity contribution < 1.29 is 23.9 Å². The first kappa shape index (κ1) is 25.7. The molecule has 0 bridgehead atoms. The van der Waals surface area contributed by atoms with Gasteiger partial charge in [0.2, 0.25) is 0 Å². The topological polar surface area (TPSA) is 106 Å². The molecule has 0 saturated carbocycles. The molecule has 0 atom stereocenters. The Labute approximate surface area is 211 Å². The molecule has 180 valence electrons. The Morgan fingerprint density at radius 2 is 1.63 bits per heavy atom. The summed E-state index contributed by atoms with van der Waals surface area (Å²) in [5.41, 5.74) is 4.58. The van der Waals surface area contributed by atoms with Crippen LogP contribution in [0.15, 0.2) is 65.8 Å². The molecule has 0 aliphatic carbocycles. The van der Waals surface area contributed by atoms with Crippen LogP contribution in [0.2, 0.25) is 10.0 Å². The van der Waals surface area contributed by atoms with Crippen molar-refractivity contribution >= 4 is 52.4 Å². The number of benzene rings is 3. The Morgan fingerprint density at radius 1 is 0.886 bits per heavy atom. The highest BCUT2D eigenvalue weighted by Crippen LogP contribution is 2.30. The highest BCUT2D eigenvalue weighted by atomic mass is 35.5. The molecule has 0 radical (unpaired) electrons. The minimum Gasteiger partial charge on any atom is -0.493 e. The maximum atomic E-state index is 12.5. The summed E-state index contributed by atoms with van der Waals surface area (Å²) in [6.07, 6.45) is 0. The summed E-state index contributed by atoms with van der Waals surface area (Å²) in [4.78, 5) is 36.7. The van der Waals surface area contributed by atoms with E-state index in [0.717, 1.165) is 5.56 Å². The number of halogens is 2. The van der Waals surface area contributed by atoms with Crippen LogP contribution in [0, 0.1) is 6.92 Å². The van der Waals surface area contributed by atoms with Crippen molar-refractivity contribution in [2.24, 2.45) is 5.10 Å². The number of rotatable bonds is 6. The molecule has 0 heterocycles. The van der Waals surface area contributed by atoms with Crippen LogP contribution in [0.5, 0.6) is 11.5 Å². The lowest BCUT2D eigenvalue weighted by atomic mass is 10.1. The van der Waals surface area contributed by atoms with Crippen LogP contribution >= 0.6 is 23.2 Å². The summed E-state index contributed by atoms with van der Waals surface area (Å²) >= 11 is 12.1. The van der Waals surface area contributed by atoms with Crippen molar-refractivity contribution in [1.82, 2.24) is 5.43 Å². The van der Waals surface area contributed by atoms with Crippen LogP contribution in [0.3, 0.4) is 0 Å². The van der Waals surface area contributed by atoms with E-state index in [4.69, 9.17) is 32.7 Å². The molecule has 0 aromatic heterocycles. The van der Waals surface area contributed by atoms with Gasteiger partial charge in [0.1, 0.15) is 0 Å². The van der Waals surface area contributed by atoms with Gasteiger partial charge in [-0.2, -0.15) is 5.10 Å². The number of nitrogens with zero attached hydrogens (tertiary/aromatic N) is 1. The number of carbonyl (C=O) groups is 3. The van der Waals surface area contributed by atoms with E-state index in [0.29, 0.717) is 22.0 Å². The first-order valence-corrected chi connectivity index (χ1v) is 11.0. The summed E-state index contributed by atoms with van der Waals surface area (Å²) in [6.45, 7) is 3.45. The molecule has 0 unspecified atom stereocenters. The van der Waals surface area contributed by atoms with Crippen molar-refractivity contribution in [3.8, 4) is 11.5 Å². The molecule has 2 N–H and O–H groups in total. The number of anilines is 1. The summed E-state index contributed by atoms with van der Waals surface area (Å²) in [7, 11) is 1.42. The molecule has 10 heteroatoms. The molecular weight excluding hydrogens is 493 g/mol. The van der Waals surface area contributed by atoms with Crippen molar-refractivity contribution in [2.75, 3.05) is 12.4 Å². The Kier molecular flexibility index (Phi) is 8.46. The van der Waals surface area contributed by atoms with E-state index in [2.05, 4.69) is 15.8 Å². The summed E-state index contributed by atoms with van der Waals surface area (Å²) in [5, 5.41) is 7.15. The number of hydrazone groups is 1. The van der Waals surface area contributed by atoms with E-state index in [1.54, 1.807) is 61.5 Å². The predicted octanol–water partition coefficient (Wildman–Crippen LogP) is 5.01. The molecule has 0 fully saturated rings. The van der Waals surface area contributed by atoms with Crippen LogP contribution in [0.1, 0.15) is 28.4 Å². The monoisotopic (exact) mass is 513 g/mol. The molecular formula is C25H21Cl2N3O5. The first-order chi connectivity index (χ1) is 16.7. The smallest absolute Gasteiger partial charge is 0.345 e. The minimum atomic E-state index is -0.960. The number of carbonyl (C=O) groups excluding carboxylic acids is 3. The van der Waals surface area contributed by atoms with Crippen molar-refractivity contribution in [2.45, 2.75) is 13.8 Å². The number of esters is 1. The molecule has 35 heavy (non-hydrogen) atoms. The van der Waals surface area contributed by atoms with Gasteiger partial charge in [-0.3, -0.25) is 9.59 Å². The molecule has 3 rings (SSSR count). The quantitative estimate of drug-likeness (QED) is 0.158. The molecule has 0 aliphatic rings. The average Bonchev–Trinajstić information content (AvgIpc) is 2.84. The van der Waals surface area contributed by atoms with Crippen LogP contribution in [-0.2, 0) is 9.59 Å². The number of nitrogens with one attached hydrogen (secondary N) is 2. The van der Waals surface area contributed by atoms with E-state index < -0.39 is 17.8 Å². The number of hydrogen-bond acceptors (Lipinski definition) is 6. The standard InChI is InChI=1S/C25H21Cl2N3O5/c1-14-8-10-17(13-20(14)27)28-23(31)24(32)30-29-15(2)16-9-11-21(22(12-16)34-3)35-25(33)18-6-4-5-7-19(18)26/h4-13H,1-3H3,(H,28,31)(H,30,32)/b29-15+. The second-order valence-corrected chi connectivity index (χ2v) is 8.11. The van der Waals surface area contributed by atoms with Gasteiger partial charge < -0.3 is 14.8 Å². The molecule has 3 aromatic carbocycles. The number of methoxy groups -OCH3 is 1. The van der Waals surface area contributed by atoms with Gasteiger partial charge in [0, 0.05) is 16.3 Å². The molecule has 0 saturated heterocycles. The van der Waals surface area contributed by atoms with E-state index in [-0.39, 0.29) is 22.1 Å². The van der Waals surface area contributed by atoms with Crippen molar-refractivity contribution in [3.05, 3.63) is 87.4 Å². The number of ether oxygens (including phenoxy) is 2. The Balaban J connectivity index is 1.67. The largest absolute Gasteiger partial charge is 0.493 e. The SMILES string of the molecule is COc1cc(/C(C)=N/NC(=O)C(=O)Nc2ccc(C)c(Cl)c2)ccc1OC(=O)c1ccccc1Cl. The minimum absolute atomic E-state index is 0.175. The fourth-order valence-electron chi connectivity index (χ4n) is 2.87. The molecule has 2 amide bonds. The lowest BCUT2D eigenvalue weighted by Gasteiger charge is -2.12. The Morgan fingerprint density at radius 3 is 2.31 bits per heavy atom. The van der Waals surface area contributed by atoms with Gasteiger partial charge in [0.25, 0.3) is 0 Å². The third-order valence-corrected chi connectivity index (χ3v) is 5.58. The van der Waals surface area contributed by atoms with Crippen LogP contribution < -0.4 is 20.2 Å². The summed E-state index contributed by atoms with van der Waals surface area (Å²) < 4.78 is 10.7. The molecule has 8 nitrogen and oxygen atoms in total. The average molecular weight is 514 g/mol. The van der Waals surface area contributed by atoms with E-state index >= 15 is 0 Å². The van der Waals surface area contributed by atoms with Crippen LogP contribution in [0.4, 0.5) is 5.69 Å². The van der Waals surface area contributed by atoms with Gasteiger partial charge >= 0.3 is 17.8 Å². The molecule has 0 spiro atoms. The van der Waals surface area contributed by atoms with Crippen molar-refractivity contribution in [1.29, 1.82) is 0 Å². The number of hydrogen-bond donors (Lipinski definition) is 2. The van der Waals surface area contributed by atoms with Gasteiger partial charge in [0.15, 0.2) is 11.5 Å². The maximum Gasteiger partial charge on any atom is 0.345 e. The zero-order valence-electron chi connectivity index (χ0n) is 19.0. The van der Waals surface area contributed by atoms with E-state index in [1.807, 2.05) is 6.92 Å². The van der Waals surface area contributed by atoms with E-state index in [9.17, 15) is 14.4 Å². The highest BCUT2D eigenvalue weighted by Gasteiger charge is 2.17. The molecule has 0 aliphatic heterocycles. The van der Waals surface area contributed by atoms with E-state index in [1.165, 1.54) is 13.2 Å². The summed E-state index contributed by atoms with van der Waals surface area (Å²) in [5.74, 6) is -2.06. The number of aryl methyl sites for hydroxylation is 1. The lowest BCUT2D eigenvalue weighted by Crippen LogP contribution is -2.32. The fourth-order valence-corrected chi connectivity index (χ4v) is 3.26. The van der Waals surface area contributed by atoms with Gasteiger partial charge in [-0.15, -0.1) is 0 Å². The highest BCUT2D eigenvalue weighted by molar-refractivity contribution is 6.40. The van der Waals surface area contributed by atoms with Gasteiger partial charge in [0.05, 0.1) is 23.4 Å². The zero-order chi connectivity index (χ0) is 25.5. The maximum absolute atomic E-state index is 12.5. The normalized spacial score (nSPS) is 10.9. The first-order valence-electron chi connectivity index (χ1n) is 10.3. The fraction of sp³-hybridized carbons (Fsp3) is 0.120. The van der Waals surface area contributed by atoms with Crippen LogP contribution in [-0.4, -0.2) is 30.6 Å². The van der Waals surface area contributed by atoms with Gasteiger partial charge in [-0.25, -0.2) is 10.2 Å². The van der Waals surface area contributed by atoms with Crippen LogP contribution in [0.25, 0.3) is 0 Å². The number of amides is 2. The van der Waals surface area contributed by atoms with Crippen molar-refractivity contribution in [3.63, 3.8) is 0 Å². The second kappa shape index (κ2) is 11.5. The third kappa shape index (κ3) is 6.59. The Bertz CT molecular complexity index is 1320. The van der Waals surface area contributed by atoms with Gasteiger partial charge in [-0.1, -0.05) is 41.4 Å². The Hall–Kier alpha value is -3.88. The lowest BCUT2D eigenvalue weighted by molar-refractivity contribution is -0.136. The zero-order valence-corrected chi connectivity index (χ0v) is 20.5. The van der Waals surface area contributed by atoms with Gasteiger partial charge in [-0.05, 0) is 61.9 Å². The summed E-state index contributed by atoms with van der Waals surface area (Å²) in [6, 6.07) is 16.1.